The van der Waals surface area contributed by atoms with Crippen LogP contribution in [0.3, 0.4) is 0 Å². The number of nitrogens with zero attached hydrogens (tertiary/aromatic N) is 3. The molecule has 0 atom stereocenters. The Kier molecular flexibility index (Phi) is 7.70. The number of hydrogen-bond donors (Lipinski definition) is 2. The number of aromatic nitrogens is 2. The van der Waals surface area contributed by atoms with Gasteiger partial charge >= 0.3 is 6.18 Å². The minimum Gasteiger partial charge on any atom is -0.475 e. The number of carbonyl (C=O) groups excluding carboxylic acids is 1. The van der Waals surface area contributed by atoms with Crippen LogP contribution in [0, 0.1) is 6.92 Å². The molecule has 1 fully saturated rings. The van der Waals surface area contributed by atoms with Gasteiger partial charge in [-0.25, -0.2) is 0 Å². The first-order valence-electron chi connectivity index (χ1n) is 11.3. The fourth-order valence-corrected chi connectivity index (χ4v) is 3.76. The van der Waals surface area contributed by atoms with Crippen molar-refractivity contribution in [3.8, 4) is 17.0 Å². The number of aliphatic hydroxyl groups is 1. The molecule has 0 spiro atoms. The molecule has 1 aliphatic rings. The summed E-state index contributed by atoms with van der Waals surface area (Å²) in [5.41, 5.74) is 1.54. The van der Waals surface area contributed by atoms with E-state index >= 15 is 0 Å². The Hall–Kier alpha value is -3.70. The van der Waals surface area contributed by atoms with Crippen molar-refractivity contribution in [2.75, 3.05) is 49.7 Å². The van der Waals surface area contributed by atoms with E-state index in [9.17, 15) is 18.0 Å². The number of rotatable bonds is 7. The minimum atomic E-state index is -4.58. The summed E-state index contributed by atoms with van der Waals surface area (Å²) in [7, 11) is 0. The summed E-state index contributed by atoms with van der Waals surface area (Å²) < 4.78 is 50.1. The number of ether oxygens (including phenoxy) is 2. The van der Waals surface area contributed by atoms with E-state index in [0.717, 1.165) is 29.0 Å². The Bertz CT molecular complexity index is 1230. The molecule has 0 aliphatic carbocycles. The lowest BCUT2D eigenvalue weighted by atomic mass is 10.00. The van der Waals surface area contributed by atoms with Crippen molar-refractivity contribution >= 4 is 17.4 Å². The lowest BCUT2D eigenvalue weighted by molar-refractivity contribution is -0.137. The zero-order valence-corrected chi connectivity index (χ0v) is 19.5. The summed E-state index contributed by atoms with van der Waals surface area (Å²) in [5.74, 6) is 0.266. The third-order valence-electron chi connectivity index (χ3n) is 5.59. The van der Waals surface area contributed by atoms with Gasteiger partial charge in [-0.2, -0.15) is 18.2 Å². The van der Waals surface area contributed by atoms with Crippen LogP contribution in [0.25, 0.3) is 11.1 Å². The first kappa shape index (κ1) is 25.4. The molecule has 1 aromatic carbocycles. The van der Waals surface area contributed by atoms with E-state index in [4.69, 9.17) is 14.6 Å². The van der Waals surface area contributed by atoms with Gasteiger partial charge in [-0.1, -0.05) is 6.07 Å². The van der Waals surface area contributed by atoms with E-state index in [2.05, 4.69) is 20.2 Å². The van der Waals surface area contributed by atoms with Crippen molar-refractivity contribution in [3.05, 3.63) is 65.5 Å². The van der Waals surface area contributed by atoms with Gasteiger partial charge < -0.3 is 24.8 Å². The molecule has 190 valence electrons. The molecule has 0 saturated carbocycles. The Morgan fingerprint density at radius 1 is 1.17 bits per heavy atom. The fourth-order valence-electron chi connectivity index (χ4n) is 3.76. The van der Waals surface area contributed by atoms with E-state index in [1.54, 1.807) is 24.3 Å². The van der Waals surface area contributed by atoms with E-state index in [0.29, 0.717) is 49.8 Å². The molecule has 0 radical (unpaired) electrons. The van der Waals surface area contributed by atoms with Crippen LogP contribution in [-0.4, -0.2) is 60.5 Å². The molecule has 1 aliphatic heterocycles. The molecule has 36 heavy (non-hydrogen) atoms. The number of aliphatic hydroxyl groups excluding tert-OH is 1. The number of amides is 1. The van der Waals surface area contributed by atoms with Crippen LogP contribution in [-0.2, 0) is 10.9 Å². The second kappa shape index (κ2) is 10.9. The monoisotopic (exact) mass is 502 g/mol. The van der Waals surface area contributed by atoms with Crippen LogP contribution in [0.2, 0.25) is 0 Å². The van der Waals surface area contributed by atoms with Crippen LogP contribution in [0.5, 0.6) is 5.88 Å². The summed E-state index contributed by atoms with van der Waals surface area (Å²) in [5, 5.41) is 11.8. The topological polar surface area (TPSA) is 96.8 Å². The Labute approximate surface area is 205 Å². The van der Waals surface area contributed by atoms with Gasteiger partial charge in [0, 0.05) is 31.0 Å². The van der Waals surface area contributed by atoms with Crippen LogP contribution in [0.4, 0.5) is 24.7 Å². The predicted octanol–water partition coefficient (Wildman–Crippen LogP) is 3.93. The summed E-state index contributed by atoms with van der Waals surface area (Å²) in [4.78, 5) is 23.0. The number of halogens is 3. The van der Waals surface area contributed by atoms with E-state index in [1.807, 2.05) is 13.0 Å². The maximum Gasteiger partial charge on any atom is 0.416 e. The number of hydrogen-bond acceptors (Lipinski definition) is 7. The van der Waals surface area contributed by atoms with Crippen molar-refractivity contribution < 1.29 is 32.5 Å². The standard InChI is InChI=1S/C25H25F3N4O4/c1-16-2-3-19(30-24(34)21-14-18(4-5-29-21)25(26,27)28)15-20(16)17-12-22(32-6-9-35-10-7-32)31-23(13-17)36-11-8-33/h2-5,12-15,33H,6-11H2,1H3,(H,30,34). The van der Waals surface area contributed by atoms with E-state index < -0.39 is 17.6 Å². The van der Waals surface area contributed by atoms with Crippen molar-refractivity contribution in [2.45, 2.75) is 13.1 Å². The zero-order valence-electron chi connectivity index (χ0n) is 19.5. The first-order valence-corrected chi connectivity index (χ1v) is 11.3. The molecule has 2 N–H and O–H groups in total. The van der Waals surface area contributed by atoms with Crippen LogP contribution >= 0.6 is 0 Å². The molecule has 11 heteroatoms. The van der Waals surface area contributed by atoms with Crippen molar-refractivity contribution in [2.24, 2.45) is 0 Å². The van der Waals surface area contributed by atoms with Crippen LogP contribution < -0.4 is 15.0 Å². The highest BCUT2D eigenvalue weighted by molar-refractivity contribution is 6.03. The molecule has 4 rings (SSSR count). The summed E-state index contributed by atoms with van der Waals surface area (Å²) in [6.45, 7) is 4.29. The third kappa shape index (κ3) is 6.10. The number of benzene rings is 1. The van der Waals surface area contributed by atoms with Crippen molar-refractivity contribution in [3.63, 3.8) is 0 Å². The summed E-state index contributed by atoms with van der Waals surface area (Å²) in [6.07, 6.45) is -3.62. The maximum absolute atomic E-state index is 13.0. The molecule has 0 unspecified atom stereocenters. The summed E-state index contributed by atoms with van der Waals surface area (Å²) in [6, 6.07) is 10.4. The number of carbonyl (C=O) groups is 1. The highest BCUT2D eigenvalue weighted by atomic mass is 19.4. The first-order chi connectivity index (χ1) is 17.2. The molecule has 8 nitrogen and oxygen atoms in total. The second-order valence-corrected chi connectivity index (χ2v) is 8.14. The lowest BCUT2D eigenvalue weighted by Gasteiger charge is -2.28. The number of pyridine rings is 2. The van der Waals surface area contributed by atoms with Gasteiger partial charge in [0.05, 0.1) is 25.4 Å². The molecule has 3 heterocycles. The molecule has 1 saturated heterocycles. The summed E-state index contributed by atoms with van der Waals surface area (Å²) >= 11 is 0. The van der Waals surface area contributed by atoms with E-state index in [1.165, 1.54) is 0 Å². The largest absolute Gasteiger partial charge is 0.475 e. The highest BCUT2D eigenvalue weighted by Gasteiger charge is 2.31. The quantitative estimate of drug-likeness (QED) is 0.505. The maximum atomic E-state index is 13.0. The van der Waals surface area contributed by atoms with Gasteiger partial charge in [0.2, 0.25) is 5.88 Å². The number of nitrogens with one attached hydrogen (secondary N) is 1. The van der Waals surface area contributed by atoms with Crippen LogP contribution in [0.15, 0.2) is 48.7 Å². The smallest absolute Gasteiger partial charge is 0.416 e. The normalized spacial score (nSPS) is 14.0. The molecule has 2 aromatic heterocycles. The van der Waals surface area contributed by atoms with E-state index in [-0.39, 0.29) is 18.9 Å². The number of morpholine rings is 1. The van der Waals surface area contributed by atoms with Gasteiger partial charge in [-0.3, -0.25) is 9.78 Å². The average molecular weight is 502 g/mol. The van der Waals surface area contributed by atoms with Crippen LogP contribution in [0.1, 0.15) is 21.6 Å². The Balaban J connectivity index is 1.64. The molecular formula is C25H25F3N4O4. The number of alkyl halides is 3. The lowest BCUT2D eigenvalue weighted by Crippen LogP contribution is -2.36. The van der Waals surface area contributed by atoms with Gasteiger partial charge in [0.1, 0.15) is 18.1 Å². The molecule has 0 bridgehead atoms. The second-order valence-electron chi connectivity index (χ2n) is 8.14. The SMILES string of the molecule is Cc1ccc(NC(=O)c2cc(C(F)(F)F)ccn2)cc1-c1cc(OCCO)nc(N2CCOCC2)c1. The average Bonchev–Trinajstić information content (AvgIpc) is 2.88. The predicted molar refractivity (Wildman–Crippen MR) is 127 cm³/mol. The van der Waals surface area contributed by atoms with Crippen molar-refractivity contribution in [1.29, 1.82) is 0 Å². The third-order valence-corrected chi connectivity index (χ3v) is 5.59. The molecule has 1 amide bonds. The molecular weight excluding hydrogens is 477 g/mol. The fraction of sp³-hybridized carbons (Fsp3) is 0.320. The number of anilines is 2. The highest BCUT2D eigenvalue weighted by Crippen LogP contribution is 2.33. The molecule has 3 aromatic rings. The van der Waals surface area contributed by atoms with Gasteiger partial charge in [0.25, 0.3) is 5.91 Å². The minimum absolute atomic E-state index is 0.0814. The van der Waals surface area contributed by atoms with Gasteiger partial charge in [-0.05, 0) is 53.9 Å². The van der Waals surface area contributed by atoms with Gasteiger partial charge in [0.15, 0.2) is 0 Å². The Morgan fingerprint density at radius 3 is 2.67 bits per heavy atom. The Morgan fingerprint density at radius 2 is 1.94 bits per heavy atom. The van der Waals surface area contributed by atoms with Gasteiger partial charge in [-0.15, -0.1) is 0 Å². The van der Waals surface area contributed by atoms with Crippen molar-refractivity contribution in [1.82, 2.24) is 9.97 Å². The number of aryl methyl sites for hydroxylation is 1. The zero-order chi connectivity index (χ0) is 25.7.